The SMILES string of the molecule is Clc1cccc2c1C1(CC1)COC2. The van der Waals surface area contributed by atoms with Crippen LogP contribution in [0.3, 0.4) is 0 Å². The topological polar surface area (TPSA) is 9.23 Å². The summed E-state index contributed by atoms with van der Waals surface area (Å²) >= 11 is 6.21. The van der Waals surface area contributed by atoms with Gasteiger partial charge in [-0.1, -0.05) is 23.7 Å². The Labute approximate surface area is 82.7 Å². The van der Waals surface area contributed by atoms with E-state index in [0.29, 0.717) is 5.41 Å². The number of hydrogen-bond acceptors (Lipinski definition) is 1. The molecule has 1 spiro atoms. The maximum atomic E-state index is 6.21. The van der Waals surface area contributed by atoms with Gasteiger partial charge in [-0.15, -0.1) is 0 Å². The zero-order valence-electron chi connectivity index (χ0n) is 7.35. The largest absolute Gasteiger partial charge is 0.376 e. The van der Waals surface area contributed by atoms with Crippen LogP contribution in [0.2, 0.25) is 5.02 Å². The molecule has 0 aromatic heterocycles. The number of rotatable bonds is 0. The third-order valence-corrected chi connectivity index (χ3v) is 3.43. The summed E-state index contributed by atoms with van der Waals surface area (Å²) in [6, 6.07) is 6.12. The summed E-state index contributed by atoms with van der Waals surface area (Å²) in [7, 11) is 0. The van der Waals surface area contributed by atoms with Gasteiger partial charge in [0.2, 0.25) is 0 Å². The van der Waals surface area contributed by atoms with Crippen molar-refractivity contribution in [2.75, 3.05) is 6.61 Å². The molecule has 1 aliphatic carbocycles. The van der Waals surface area contributed by atoms with Gasteiger partial charge in [-0.25, -0.2) is 0 Å². The highest BCUT2D eigenvalue weighted by Crippen LogP contribution is 2.53. The van der Waals surface area contributed by atoms with Crippen LogP contribution in [-0.4, -0.2) is 6.61 Å². The van der Waals surface area contributed by atoms with Crippen molar-refractivity contribution in [2.24, 2.45) is 0 Å². The molecule has 0 saturated heterocycles. The van der Waals surface area contributed by atoms with Crippen molar-refractivity contribution < 1.29 is 4.74 Å². The Kier molecular flexibility index (Phi) is 1.50. The normalized spacial score (nSPS) is 22.8. The standard InChI is InChI=1S/C11H11ClO/c12-9-3-1-2-8-6-13-7-11(4-5-11)10(8)9/h1-3H,4-7H2. The molecular formula is C11H11ClO. The van der Waals surface area contributed by atoms with Crippen molar-refractivity contribution in [1.82, 2.24) is 0 Å². The molecule has 0 atom stereocenters. The van der Waals surface area contributed by atoms with Crippen molar-refractivity contribution in [1.29, 1.82) is 0 Å². The lowest BCUT2D eigenvalue weighted by Gasteiger charge is -2.26. The molecule has 3 rings (SSSR count). The smallest absolute Gasteiger partial charge is 0.0720 e. The molecular weight excluding hydrogens is 184 g/mol. The predicted molar refractivity (Wildman–Crippen MR) is 52.0 cm³/mol. The zero-order chi connectivity index (χ0) is 8.89. The van der Waals surface area contributed by atoms with Crippen LogP contribution in [0.25, 0.3) is 0 Å². The summed E-state index contributed by atoms with van der Waals surface area (Å²) in [5.74, 6) is 0. The van der Waals surface area contributed by atoms with E-state index in [2.05, 4.69) is 6.07 Å². The molecule has 1 heterocycles. The van der Waals surface area contributed by atoms with Gasteiger partial charge >= 0.3 is 0 Å². The van der Waals surface area contributed by atoms with Crippen LogP contribution < -0.4 is 0 Å². The highest BCUT2D eigenvalue weighted by molar-refractivity contribution is 6.31. The molecule has 1 aromatic rings. The highest BCUT2D eigenvalue weighted by atomic mass is 35.5. The second kappa shape index (κ2) is 2.49. The summed E-state index contributed by atoms with van der Waals surface area (Å²) in [6.07, 6.45) is 2.48. The first-order valence-corrected chi connectivity index (χ1v) is 5.05. The van der Waals surface area contributed by atoms with Crippen LogP contribution in [-0.2, 0) is 16.8 Å². The highest BCUT2D eigenvalue weighted by Gasteiger charge is 2.48. The van der Waals surface area contributed by atoms with E-state index in [9.17, 15) is 0 Å². The molecule has 2 heteroatoms. The minimum atomic E-state index is 0.298. The maximum Gasteiger partial charge on any atom is 0.0720 e. The molecule has 1 nitrogen and oxygen atoms in total. The second-order valence-electron chi connectivity index (χ2n) is 4.05. The molecule has 13 heavy (non-hydrogen) atoms. The van der Waals surface area contributed by atoms with Crippen molar-refractivity contribution >= 4 is 11.6 Å². The monoisotopic (exact) mass is 194 g/mol. The van der Waals surface area contributed by atoms with Gasteiger partial charge in [0, 0.05) is 10.4 Å². The van der Waals surface area contributed by atoms with Crippen molar-refractivity contribution in [3.05, 3.63) is 34.3 Å². The zero-order valence-corrected chi connectivity index (χ0v) is 8.10. The van der Waals surface area contributed by atoms with Crippen molar-refractivity contribution in [3.63, 3.8) is 0 Å². The van der Waals surface area contributed by atoms with Crippen LogP contribution in [0.4, 0.5) is 0 Å². The maximum absolute atomic E-state index is 6.21. The first kappa shape index (κ1) is 7.84. The summed E-state index contributed by atoms with van der Waals surface area (Å²) in [5, 5.41) is 0.929. The number of ether oxygens (including phenoxy) is 1. The van der Waals surface area contributed by atoms with Crippen LogP contribution in [0.15, 0.2) is 18.2 Å². The number of benzene rings is 1. The van der Waals surface area contributed by atoms with Crippen molar-refractivity contribution in [2.45, 2.75) is 24.9 Å². The Morgan fingerprint density at radius 2 is 2.15 bits per heavy atom. The molecule has 1 saturated carbocycles. The molecule has 1 aliphatic heterocycles. The summed E-state index contributed by atoms with van der Waals surface area (Å²) in [5.41, 5.74) is 2.95. The third-order valence-electron chi connectivity index (χ3n) is 3.12. The Balaban J connectivity index is 2.21. The fourth-order valence-corrected chi connectivity index (χ4v) is 2.65. The average Bonchev–Trinajstić information content (AvgIpc) is 2.86. The average molecular weight is 195 g/mol. The van der Waals surface area contributed by atoms with E-state index in [0.717, 1.165) is 18.2 Å². The third kappa shape index (κ3) is 1.04. The summed E-state index contributed by atoms with van der Waals surface area (Å²) < 4.78 is 5.57. The van der Waals surface area contributed by atoms with Gasteiger partial charge in [0.25, 0.3) is 0 Å². The minimum absolute atomic E-state index is 0.298. The first-order valence-electron chi connectivity index (χ1n) is 4.67. The predicted octanol–water partition coefficient (Wildman–Crippen LogP) is 2.90. The molecule has 1 aromatic carbocycles. The van der Waals surface area contributed by atoms with Crippen LogP contribution in [0, 0.1) is 0 Å². The number of hydrogen-bond donors (Lipinski definition) is 0. The molecule has 2 aliphatic rings. The van der Waals surface area contributed by atoms with Gasteiger partial charge in [0.15, 0.2) is 0 Å². The molecule has 0 N–H and O–H groups in total. The first-order chi connectivity index (χ1) is 6.32. The van der Waals surface area contributed by atoms with Crippen LogP contribution >= 0.6 is 11.6 Å². The van der Waals surface area contributed by atoms with E-state index in [1.54, 1.807) is 0 Å². The Bertz CT molecular complexity index is 355. The Morgan fingerprint density at radius 1 is 1.31 bits per heavy atom. The molecule has 1 fully saturated rings. The van der Waals surface area contributed by atoms with Gasteiger partial charge in [-0.2, -0.15) is 0 Å². The van der Waals surface area contributed by atoms with E-state index in [-0.39, 0.29) is 0 Å². The van der Waals surface area contributed by atoms with Crippen LogP contribution in [0.5, 0.6) is 0 Å². The molecule has 0 bridgehead atoms. The lowest BCUT2D eigenvalue weighted by atomic mass is 9.90. The minimum Gasteiger partial charge on any atom is -0.376 e. The quantitative estimate of drug-likeness (QED) is 0.617. The second-order valence-corrected chi connectivity index (χ2v) is 4.45. The van der Waals surface area contributed by atoms with E-state index >= 15 is 0 Å². The summed E-state index contributed by atoms with van der Waals surface area (Å²) in [4.78, 5) is 0. The van der Waals surface area contributed by atoms with Crippen molar-refractivity contribution in [3.8, 4) is 0 Å². The summed E-state index contributed by atoms with van der Waals surface area (Å²) in [6.45, 7) is 1.60. The van der Waals surface area contributed by atoms with Gasteiger partial charge in [0.05, 0.1) is 13.2 Å². The molecule has 68 valence electrons. The van der Waals surface area contributed by atoms with E-state index in [1.165, 1.54) is 24.0 Å². The Hall–Kier alpha value is -0.530. The number of fused-ring (bicyclic) bond motifs is 2. The fraction of sp³-hybridized carbons (Fsp3) is 0.455. The van der Waals surface area contributed by atoms with E-state index < -0.39 is 0 Å². The Morgan fingerprint density at radius 3 is 2.92 bits per heavy atom. The van der Waals surface area contributed by atoms with Gasteiger partial charge < -0.3 is 4.74 Å². The van der Waals surface area contributed by atoms with Crippen LogP contribution in [0.1, 0.15) is 24.0 Å². The van der Waals surface area contributed by atoms with Gasteiger partial charge in [-0.3, -0.25) is 0 Å². The number of halogens is 1. The molecule has 0 unspecified atom stereocenters. The lowest BCUT2D eigenvalue weighted by molar-refractivity contribution is 0.0839. The van der Waals surface area contributed by atoms with Gasteiger partial charge in [0.1, 0.15) is 0 Å². The fourth-order valence-electron chi connectivity index (χ4n) is 2.26. The lowest BCUT2D eigenvalue weighted by Crippen LogP contribution is -2.23. The molecule has 0 amide bonds. The van der Waals surface area contributed by atoms with Gasteiger partial charge in [-0.05, 0) is 30.0 Å². The molecule has 0 radical (unpaired) electrons. The van der Waals surface area contributed by atoms with E-state index in [4.69, 9.17) is 16.3 Å². The van der Waals surface area contributed by atoms with E-state index in [1.807, 2.05) is 12.1 Å².